The zero-order chi connectivity index (χ0) is 9.07. The van der Waals surface area contributed by atoms with Gasteiger partial charge in [0.25, 0.3) is 0 Å². The van der Waals surface area contributed by atoms with Crippen molar-refractivity contribution >= 4 is 15.0 Å². The van der Waals surface area contributed by atoms with E-state index in [1.54, 1.807) is 0 Å². The molecule has 2 heteroatoms. The second-order valence-corrected chi connectivity index (χ2v) is 4.51. The molecule has 0 fully saturated rings. The minimum atomic E-state index is 0.348. The molecule has 70 valence electrons. The van der Waals surface area contributed by atoms with Gasteiger partial charge in [0.15, 0.2) is 0 Å². The van der Waals surface area contributed by atoms with Gasteiger partial charge in [-0.05, 0) is 0 Å². The van der Waals surface area contributed by atoms with E-state index in [0.29, 0.717) is 21.6 Å². The molecule has 0 atom stereocenters. The summed E-state index contributed by atoms with van der Waals surface area (Å²) in [6, 6.07) is 0. The van der Waals surface area contributed by atoms with Crippen molar-refractivity contribution < 1.29 is 5.11 Å². The van der Waals surface area contributed by atoms with Gasteiger partial charge in [-0.1, -0.05) is 0 Å². The second-order valence-electron chi connectivity index (χ2n) is 2.62. The number of aliphatic hydroxyl groups excluding tert-OH is 1. The molecule has 0 bridgehead atoms. The van der Waals surface area contributed by atoms with Crippen LogP contribution in [0.1, 0.15) is 39.0 Å². The van der Waals surface area contributed by atoms with Crippen molar-refractivity contribution in [3.05, 3.63) is 0 Å². The summed E-state index contributed by atoms with van der Waals surface area (Å²) in [5.41, 5.74) is 0. The zero-order valence-electron chi connectivity index (χ0n) is 7.81. The number of aliphatic hydroxyl groups is 1. The molecule has 0 aliphatic heterocycles. The standard InChI is InChI=1S/C10H18OSe/c1-2-3-9-12-10-7-5-4-6-8-11/h11H,2,4-8,10H2,1H3. The van der Waals surface area contributed by atoms with E-state index in [9.17, 15) is 0 Å². The number of rotatable bonds is 6. The van der Waals surface area contributed by atoms with E-state index in [1.165, 1.54) is 24.6 Å². The van der Waals surface area contributed by atoms with E-state index < -0.39 is 0 Å². The monoisotopic (exact) mass is 234 g/mol. The topological polar surface area (TPSA) is 20.2 Å². The number of hydrogen-bond donors (Lipinski definition) is 1. The molecule has 1 nitrogen and oxygen atoms in total. The zero-order valence-corrected chi connectivity index (χ0v) is 9.52. The summed E-state index contributed by atoms with van der Waals surface area (Å²) in [4.78, 5) is 3.19. The summed E-state index contributed by atoms with van der Waals surface area (Å²) in [7, 11) is 0. The average molecular weight is 233 g/mol. The molecule has 0 saturated carbocycles. The van der Waals surface area contributed by atoms with Crippen molar-refractivity contribution in [3.63, 3.8) is 0 Å². The van der Waals surface area contributed by atoms with Crippen molar-refractivity contribution in [2.45, 2.75) is 44.3 Å². The van der Waals surface area contributed by atoms with Crippen LogP contribution >= 0.6 is 0 Å². The van der Waals surface area contributed by atoms with E-state index >= 15 is 0 Å². The predicted octanol–water partition coefficient (Wildman–Crippen LogP) is 2.03. The summed E-state index contributed by atoms with van der Waals surface area (Å²) < 4.78 is 0. The molecule has 0 heterocycles. The van der Waals surface area contributed by atoms with E-state index in [4.69, 9.17) is 5.11 Å². The Kier molecular flexibility index (Phi) is 11.1. The minimum absolute atomic E-state index is 0.348. The summed E-state index contributed by atoms with van der Waals surface area (Å²) in [6.07, 6.45) is 5.68. The average Bonchev–Trinajstić information content (AvgIpc) is 2.10. The van der Waals surface area contributed by atoms with Gasteiger partial charge in [-0.2, -0.15) is 0 Å². The number of hydrogen-bond acceptors (Lipinski definition) is 1. The van der Waals surface area contributed by atoms with Gasteiger partial charge in [-0.3, -0.25) is 0 Å². The molecule has 0 unspecified atom stereocenters. The molecular weight excluding hydrogens is 215 g/mol. The van der Waals surface area contributed by atoms with Crippen LogP contribution in [0.15, 0.2) is 0 Å². The van der Waals surface area contributed by atoms with E-state index in [2.05, 4.69) is 17.7 Å². The summed E-state index contributed by atoms with van der Waals surface area (Å²) in [6.45, 7) is 2.44. The molecule has 0 aromatic rings. The van der Waals surface area contributed by atoms with Crippen molar-refractivity contribution in [3.8, 4) is 10.7 Å². The Morgan fingerprint density at radius 1 is 1.17 bits per heavy atom. The maximum absolute atomic E-state index is 8.52. The van der Waals surface area contributed by atoms with E-state index in [0.717, 1.165) is 12.8 Å². The van der Waals surface area contributed by atoms with Crippen LogP contribution in [-0.2, 0) is 0 Å². The Morgan fingerprint density at radius 3 is 2.58 bits per heavy atom. The van der Waals surface area contributed by atoms with Gasteiger partial charge in [0.1, 0.15) is 0 Å². The quantitative estimate of drug-likeness (QED) is 0.423. The van der Waals surface area contributed by atoms with E-state index in [1.807, 2.05) is 0 Å². The first-order valence-electron chi connectivity index (χ1n) is 4.62. The molecule has 0 spiro atoms. The molecule has 0 radical (unpaired) electrons. The molecule has 0 saturated heterocycles. The Labute approximate surface area is 82.1 Å². The van der Waals surface area contributed by atoms with Crippen LogP contribution in [0, 0.1) is 10.7 Å². The Balaban J connectivity index is 2.91. The third kappa shape index (κ3) is 10.0. The van der Waals surface area contributed by atoms with Gasteiger partial charge in [0.2, 0.25) is 0 Å². The second kappa shape index (κ2) is 11.0. The maximum atomic E-state index is 8.52. The SMILES string of the molecule is CCC#C[Se]CCCCCCO. The molecule has 1 N–H and O–H groups in total. The first-order valence-corrected chi connectivity index (χ1v) is 6.69. The Morgan fingerprint density at radius 2 is 1.92 bits per heavy atom. The molecule has 0 aliphatic carbocycles. The third-order valence-electron chi connectivity index (χ3n) is 1.48. The number of unbranched alkanes of at least 4 members (excludes halogenated alkanes) is 3. The fourth-order valence-corrected chi connectivity index (χ4v) is 2.28. The Bertz CT molecular complexity index is 135. The third-order valence-corrected chi connectivity index (χ3v) is 3.12. The van der Waals surface area contributed by atoms with Crippen LogP contribution in [0.25, 0.3) is 0 Å². The summed E-state index contributed by atoms with van der Waals surface area (Å²) in [5, 5.41) is 9.80. The normalized spacial score (nSPS) is 9.17. The van der Waals surface area contributed by atoms with Crippen molar-refractivity contribution in [2.24, 2.45) is 0 Å². The van der Waals surface area contributed by atoms with Crippen LogP contribution in [0.3, 0.4) is 0 Å². The molecular formula is C10H18OSe. The van der Waals surface area contributed by atoms with Crippen LogP contribution in [-0.4, -0.2) is 26.7 Å². The molecule has 12 heavy (non-hydrogen) atoms. The molecule has 0 aromatic carbocycles. The van der Waals surface area contributed by atoms with Gasteiger partial charge in [0, 0.05) is 0 Å². The van der Waals surface area contributed by atoms with Crippen molar-refractivity contribution in [1.82, 2.24) is 0 Å². The van der Waals surface area contributed by atoms with E-state index in [-0.39, 0.29) is 0 Å². The predicted molar refractivity (Wildman–Crippen MR) is 54.2 cm³/mol. The summed E-state index contributed by atoms with van der Waals surface area (Å²) in [5.74, 6) is 3.09. The van der Waals surface area contributed by atoms with Crippen molar-refractivity contribution in [2.75, 3.05) is 6.61 Å². The van der Waals surface area contributed by atoms with Gasteiger partial charge in [-0.25, -0.2) is 0 Å². The van der Waals surface area contributed by atoms with Gasteiger partial charge < -0.3 is 0 Å². The first kappa shape index (κ1) is 12.0. The van der Waals surface area contributed by atoms with Gasteiger partial charge >= 0.3 is 81.8 Å². The first-order chi connectivity index (χ1) is 5.91. The van der Waals surface area contributed by atoms with Crippen LogP contribution in [0.2, 0.25) is 5.32 Å². The van der Waals surface area contributed by atoms with Crippen LogP contribution in [0.4, 0.5) is 0 Å². The summed E-state index contributed by atoms with van der Waals surface area (Å²) >= 11 is 0.551. The van der Waals surface area contributed by atoms with Gasteiger partial charge in [0.05, 0.1) is 0 Å². The molecule has 0 amide bonds. The molecule has 0 aliphatic rings. The fourth-order valence-electron chi connectivity index (χ4n) is 0.814. The van der Waals surface area contributed by atoms with Crippen LogP contribution < -0.4 is 0 Å². The molecule has 0 aromatic heterocycles. The molecule has 0 rings (SSSR count). The van der Waals surface area contributed by atoms with Gasteiger partial charge in [-0.15, -0.1) is 0 Å². The Hall–Kier alpha value is 0.0395. The van der Waals surface area contributed by atoms with Crippen molar-refractivity contribution in [1.29, 1.82) is 0 Å². The fraction of sp³-hybridized carbons (Fsp3) is 0.800. The van der Waals surface area contributed by atoms with Crippen LogP contribution in [0.5, 0.6) is 0 Å².